The van der Waals surface area contributed by atoms with Crippen LogP contribution in [0, 0.1) is 12.5 Å². The third kappa shape index (κ3) is 5.99. The predicted molar refractivity (Wildman–Crippen MR) is 105 cm³/mol. The second-order valence-electron chi connectivity index (χ2n) is 6.28. The van der Waals surface area contributed by atoms with Gasteiger partial charge in [-0.25, -0.2) is 20.5 Å². The van der Waals surface area contributed by atoms with E-state index in [4.69, 9.17) is 29.4 Å². The Morgan fingerprint density at radius 3 is 2.75 bits per heavy atom. The van der Waals surface area contributed by atoms with Gasteiger partial charge in [-0.1, -0.05) is 6.92 Å². The Labute approximate surface area is 165 Å². The standard InChI is InChI=1S/C16H27N3O7P2/c1-6-22-27(5,23-10-8-17-4)26-16-13(2)14(3)25-15(16)11-24-28(20,21)19-9-7-18-12-19/h7,9,12-16H,5-6,8,10-11H2,1-3H3,(H,20,21)/t13-,14-,15?,16-,27?/m0/s1. The molecule has 0 aromatic carbocycles. The van der Waals surface area contributed by atoms with Gasteiger partial charge in [0.2, 0.25) is 6.54 Å². The van der Waals surface area contributed by atoms with Crippen LogP contribution in [0.25, 0.3) is 4.85 Å². The van der Waals surface area contributed by atoms with E-state index in [1.807, 2.05) is 13.8 Å². The van der Waals surface area contributed by atoms with Crippen molar-refractivity contribution >= 4 is 21.6 Å². The van der Waals surface area contributed by atoms with Gasteiger partial charge in [0.15, 0.2) is 0 Å². The molecule has 10 nitrogen and oxygen atoms in total. The van der Waals surface area contributed by atoms with Crippen molar-refractivity contribution in [3.63, 3.8) is 0 Å². The van der Waals surface area contributed by atoms with Crippen molar-refractivity contribution in [3.05, 3.63) is 30.1 Å². The number of hydrogen-bond acceptors (Lipinski definition) is 7. The van der Waals surface area contributed by atoms with E-state index >= 15 is 0 Å². The molecule has 1 aromatic rings. The van der Waals surface area contributed by atoms with E-state index < -0.39 is 27.5 Å². The minimum atomic E-state index is -4.08. The summed E-state index contributed by atoms with van der Waals surface area (Å²) in [6, 6.07) is 0. The molecule has 6 atom stereocenters. The maximum Gasteiger partial charge on any atom is 0.437 e. The van der Waals surface area contributed by atoms with E-state index in [0.29, 0.717) is 6.61 Å². The fourth-order valence-corrected chi connectivity index (χ4v) is 5.27. The highest BCUT2D eigenvalue weighted by atomic mass is 31.2. The van der Waals surface area contributed by atoms with Crippen LogP contribution in [0.1, 0.15) is 20.8 Å². The minimum Gasteiger partial charge on any atom is -0.370 e. The molecule has 0 saturated carbocycles. The Morgan fingerprint density at radius 2 is 2.14 bits per heavy atom. The molecule has 0 spiro atoms. The number of imidazole rings is 1. The molecule has 0 bridgehead atoms. The van der Waals surface area contributed by atoms with E-state index in [0.717, 1.165) is 4.34 Å². The molecule has 1 aromatic heterocycles. The third-order valence-corrected chi connectivity index (χ3v) is 7.40. The molecule has 2 rings (SSSR count). The molecule has 0 radical (unpaired) electrons. The smallest absolute Gasteiger partial charge is 0.370 e. The Hall–Kier alpha value is -1.01. The maximum absolute atomic E-state index is 12.3. The van der Waals surface area contributed by atoms with Crippen molar-refractivity contribution in [2.45, 2.75) is 39.1 Å². The van der Waals surface area contributed by atoms with E-state index in [1.54, 1.807) is 6.92 Å². The van der Waals surface area contributed by atoms with Crippen LogP contribution in [-0.2, 0) is 27.4 Å². The van der Waals surface area contributed by atoms with E-state index in [2.05, 4.69) is 16.1 Å². The lowest BCUT2D eigenvalue weighted by molar-refractivity contribution is -0.0130. The lowest BCUT2D eigenvalue weighted by atomic mass is 10.00. The average Bonchev–Trinajstić information content (AvgIpc) is 3.26. The molecule has 2 heterocycles. The molecule has 0 amide bonds. The third-order valence-electron chi connectivity index (χ3n) is 4.30. The molecule has 158 valence electrons. The molecular formula is C16H27N3O7P2. The summed E-state index contributed by atoms with van der Waals surface area (Å²) < 4.78 is 41.8. The van der Waals surface area contributed by atoms with Crippen molar-refractivity contribution in [3.8, 4) is 0 Å². The van der Waals surface area contributed by atoms with E-state index in [-0.39, 0.29) is 31.8 Å². The topological polar surface area (TPSA) is 106 Å². The first-order valence-electron chi connectivity index (χ1n) is 8.88. The van der Waals surface area contributed by atoms with Gasteiger partial charge in [-0.15, -0.1) is 0 Å². The van der Waals surface area contributed by atoms with Crippen molar-refractivity contribution in [1.29, 1.82) is 0 Å². The zero-order chi connectivity index (χ0) is 20.8. The van der Waals surface area contributed by atoms with Crippen LogP contribution in [0.15, 0.2) is 18.7 Å². The minimum absolute atomic E-state index is 0.0500. The van der Waals surface area contributed by atoms with Gasteiger partial charge in [-0.3, -0.25) is 4.52 Å². The Kier molecular flexibility index (Phi) is 8.44. The van der Waals surface area contributed by atoms with Crippen LogP contribution in [-0.4, -0.2) is 65.2 Å². The van der Waals surface area contributed by atoms with Crippen molar-refractivity contribution in [1.82, 2.24) is 9.32 Å². The zero-order valence-corrected chi connectivity index (χ0v) is 18.0. The van der Waals surface area contributed by atoms with Gasteiger partial charge >= 0.3 is 7.75 Å². The molecule has 1 fully saturated rings. The van der Waals surface area contributed by atoms with Gasteiger partial charge < -0.3 is 28.0 Å². The highest BCUT2D eigenvalue weighted by Gasteiger charge is 2.44. The van der Waals surface area contributed by atoms with Crippen molar-refractivity contribution in [2.24, 2.45) is 5.92 Å². The first kappa shape index (κ1) is 23.3. The summed E-state index contributed by atoms with van der Waals surface area (Å²) in [6.45, 7) is 13.0. The van der Waals surface area contributed by atoms with Crippen LogP contribution in [0.2, 0.25) is 0 Å². The first-order valence-corrected chi connectivity index (χ1v) is 12.1. The largest absolute Gasteiger partial charge is 0.437 e. The van der Waals surface area contributed by atoms with Gasteiger partial charge in [0.25, 0.3) is 7.57 Å². The molecular weight excluding hydrogens is 408 g/mol. The van der Waals surface area contributed by atoms with Gasteiger partial charge in [0, 0.05) is 18.3 Å². The van der Waals surface area contributed by atoms with Gasteiger partial charge in [-0.05, 0) is 20.1 Å². The summed E-state index contributed by atoms with van der Waals surface area (Å²) in [5, 5.41) is 0. The monoisotopic (exact) mass is 435 g/mol. The summed E-state index contributed by atoms with van der Waals surface area (Å²) in [7, 11) is -7.02. The average molecular weight is 435 g/mol. The van der Waals surface area contributed by atoms with E-state index in [1.165, 1.54) is 18.7 Å². The normalized spacial score (nSPS) is 29.1. The first-order chi connectivity index (χ1) is 13.2. The molecule has 1 aliphatic heterocycles. The number of hydrogen-bond donors (Lipinski definition) is 1. The van der Waals surface area contributed by atoms with Crippen molar-refractivity contribution < 1.29 is 32.3 Å². The molecule has 0 aliphatic carbocycles. The lowest BCUT2D eigenvalue weighted by Gasteiger charge is -2.30. The van der Waals surface area contributed by atoms with Crippen LogP contribution >= 0.6 is 15.3 Å². The quantitative estimate of drug-likeness (QED) is 0.321. The molecule has 12 heteroatoms. The summed E-state index contributed by atoms with van der Waals surface area (Å²) in [5.74, 6) is -0.0500. The fourth-order valence-electron chi connectivity index (χ4n) is 2.73. The lowest BCUT2D eigenvalue weighted by Crippen LogP contribution is -2.32. The van der Waals surface area contributed by atoms with Crippen LogP contribution < -0.4 is 0 Å². The summed E-state index contributed by atoms with van der Waals surface area (Å²) in [6.07, 6.45) is 6.63. The predicted octanol–water partition coefficient (Wildman–Crippen LogP) is 2.82. The second kappa shape index (κ2) is 10.1. The Bertz CT molecular complexity index is 752. The molecule has 1 saturated heterocycles. The zero-order valence-electron chi connectivity index (χ0n) is 16.2. The Balaban J connectivity index is 2.08. The van der Waals surface area contributed by atoms with E-state index in [9.17, 15) is 9.46 Å². The van der Waals surface area contributed by atoms with Crippen molar-refractivity contribution in [2.75, 3.05) is 26.4 Å². The molecule has 28 heavy (non-hydrogen) atoms. The van der Waals surface area contributed by atoms with Gasteiger partial charge in [-0.2, -0.15) is 0 Å². The second-order valence-corrected chi connectivity index (χ2v) is 9.93. The number of aromatic nitrogens is 2. The number of ether oxygens (including phenoxy) is 1. The summed E-state index contributed by atoms with van der Waals surface area (Å²) >= 11 is 0. The number of nitrogens with zero attached hydrogens (tertiary/aromatic N) is 3. The molecule has 1 N–H and O–H groups in total. The SMILES string of the molecule is [C-]#[N+]CCOP(=C)(OCC)O[C@@H]1C(COP(=O)(O)n2ccnc2)O[C@@H](C)[C@@H]1C. The van der Waals surface area contributed by atoms with Gasteiger partial charge in [0.1, 0.15) is 19.0 Å². The highest BCUT2D eigenvalue weighted by molar-refractivity contribution is 7.59. The summed E-state index contributed by atoms with van der Waals surface area (Å²) in [4.78, 5) is 17.1. The highest BCUT2D eigenvalue weighted by Crippen LogP contribution is 2.53. The van der Waals surface area contributed by atoms with Crippen LogP contribution in [0.3, 0.4) is 0 Å². The Morgan fingerprint density at radius 1 is 1.39 bits per heavy atom. The molecule has 1 aliphatic rings. The number of rotatable bonds is 11. The molecule has 3 unspecified atom stereocenters. The van der Waals surface area contributed by atoms with Crippen LogP contribution in [0.5, 0.6) is 0 Å². The fraction of sp³-hybridized carbons (Fsp3) is 0.688. The summed E-state index contributed by atoms with van der Waals surface area (Å²) in [5.41, 5.74) is 0. The maximum atomic E-state index is 12.3. The van der Waals surface area contributed by atoms with Gasteiger partial charge in [0.05, 0.1) is 25.4 Å². The van der Waals surface area contributed by atoms with Crippen LogP contribution in [0.4, 0.5) is 0 Å².